The molecule has 15 heteroatoms. The topological polar surface area (TPSA) is 166 Å². The lowest BCUT2D eigenvalue weighted by Crippen LogP contribution is -2.50. The summed E-state index contributed by atoms with van der Waals surface area (Å²) in [6.07, 6.45) is 7.26. The van der Waals surface area contributed by atoms with Crippen LogP contribution in [0, 0.1) is 13.8 Å². The van der Waals surface area contributed by atoms with E-state index in [1.54, 1.807) is 41.7 Å². The van der Waals surface area contributed by atoms with Crippen LogP contribution in [0.5, 0.6) is 0 Å². The van der Waals surface area contributed by atoms with Crippen molar-refractivity contribution >= 4 is 63.5 Å². The first-order chi connectivity index (χ1) is 26.0. The summed E-state index contributed by atoms with van der Waals surface area (Å²) in [5, 5.41) is 13.4. The fraction of sp³-hybridized carbons (Fsp3) is 0.410. The Morgan fingerprint density at radius 3 is 2.39 bits per heavy atom. The molecule has 7 rings (SSSR count). The number of hydrogen-bond acceptors (Lipinski definition) is 12. The molecule has 3 aromatic heterocycles. The smallest absolute Gasteiger partial charge is 0.263 e. The number of Topliss-reactive ketones (excluding diaryl/α,β-unsaturated/α-hetero) is 1. The summed E-state index contributed by atoms with van der Waals surface area (Å²) in [4.78, 5) is 71.2. The summed E-state index contributed by atoms with van der Waals surface area (Å²) in [6.45, 7) is 11.7. The Labute approximate surface area is 318 Å². The molecule has 4 aromatic rings. The van der Waals surface area contributed by atoms with Gasteiger partial charge in [-0.25, -0.2) is 9.97 Å². The van der Waals surface area contributed by atoms with Crippen LogP contribution in [0.15, 0.2) is 58.1 Å². The molecule has 1 saturated carbocycles. The molecule has 282 valence electrons. The van der Waals surface area contributed by atoms with Crippen molar-refractivity contribution in [3.63, 3.8) is 0 Å². The highest BCUT2D eigenvalue weighted by Crippen LogP contribution is 2.32. The van der Waals surface area contributed by atoms with Gasteiger partial charge in [-0.1, -0.05) is 30.7 Å². The van der Waals surface area contributed by atoms with Gasteiger partial charge in [0.1, 0.15) is 11.5 Å². The Hall–Kier alpha value is -5.44. The first-order valence-electron chi connectivity index (χ1n) is 18.4. The van der Waals surface area contributed by atoms with E-state index in [0.717, 1.165) is 47.5 Å². The monoisotopic (exact) mass is 750 g/mol. The number of pyridine rings is 2. The van der Waals surface area contributed by atoms with Crippen LogP contribution in [-0.4, -0.2) is 80.2 Å². The second-order valence-corrected chi connectivity index (χ2v) is 15.5. The van der Waals surface area contributed by atoms with Gasteiger partial charge in [0, 0.05) is 65.7 Å². The van der Waals surface area contributed by atoms with E-state index in [2.05, 4.69) is 36.1 Å². The molecule has 2 fully saturated rings. The van der Waals surface area contributed by atoms with Gasteiger partial charge in [0.2, 0.25) is 11.9 Å². The Kier molecular flexibility index (Phi) is 10.6. The zero-order valence-electron chi connectivity index (χ0n) is 31.3. The van der Waals surface area contributed by atoms with Crippen molar-refractivity contribution in [3.05, 3.63) is 85.9 Å². The fourth-order valence-electron chi connectivity index (χ4n) is 7.41. The lowest BCUT2D eigenvalue weighted by atomic mass is 10.0. The predicted octanol–water partition coefficient (Wildman–Crippen LogP) is 5.23. The zero-order valence-corrected chi connectivity index (χ0v) is 32.1. The lowest BCUT2D eigenvalue weighted by Gasteiger charge is -2.36. The second kappa shape index (κ2) is 15.5. The van der Waals surface area contributed by atoms with Gasteiger partial charge in [-0.2, -0.15) is 4.98 Å². The predicted molar refractivity (Wildman–Crippen MR) is 212 cm³/mol. The molecule has 1 unspecified atom stereocenters. The maximum absolute atomic E-state index is 13.5. The molecule has 4 N–H and O–H groups in total. The summed E-state index contributed by atoms with van der Waals surface area (Å²) in [5.41, 5.74) is 4.97. The van der Waals surface area contributed by atoms with Crippen LogP contribution in [0.25, 0.3) is 11.0 Å². The number of carbonyl (C=O) groups is 3. The lowest BCUT2D eigenvalue weighted by molar-refractivity contribution is -0.129. The number of amides is 2. The van der Waals surface area contributed by atoms with Crippen LogP contribution in [0.2, 0.25) is 0 Å². The Balaban J connectivity index is 0.939. The largest absolute Gasteiger partial charge is 0.376 e. The van der Waals surface area contributed by atoms with E-state index in [4.69, 9.17) is 4.98 Å². The molecule has 1 saturated heterocycles. The van der Waals surface area contributed by atoms with Gasteiger partial charge in [-0.3, -0.25) is 23.7 Å². The van der Waals surface area contributed by atoms with Crippen molar-refractivity contribution in [2.24, 2.45) is 0 Å². The first kappa shape index (κ1) is 36.9. The van der Waals surface area contributed by atoms with E-state index in [0.29, 0.717) is 65.8 Å². The van der Waals surface area contributed by atoms with Crippen LogP contribution in [0.4, 0.5) is 23.1 Å². The zero-order chi connectivity index (χ0) is 38.1. The summed E-state index contributed by atoms with van der Waals surface area (Å²) in [7, 11) is 0. The Bertz CT molecular complexity index is 2190. The van der Waals surface area contributed by atoms with Gasteiger partial charge < -0.3 is 31.1 Å². The molecule has 54 heavy (non-hydrogen) atoms. The third-order valence-electron chi connectivity index (χ3n) is 10.6. The summed E-state index contributed by atoms with van der Waals surface area (Å²) >= 11 is 1.58. The van der Waals surface area contributed by atoms with Crippen molar-refractivity contribution in [2.75, 3.05) is 48.3 Å². The van der Waals surface area contributed by atoms with Crippen LogP contribution in [0.1, 0.15) is 84.3 Å². The number of benzene rings is 1. The number of piperazine rings is 1. The van der Waals surface area contributed by atoms with Crippen molar-refractivity contribution in [3.8, 4) is 0 Å². The molecule has 5 heterocycles. The number of carbonyl (C=O) groups excluding carboxylic acids is 3. The van der Waals surface area contributed by atoms with Gasteiger partial charge in [-0.05, 0) is 82.9 Å². The number of thioether (sulfide) groups is 1. The summed E-state index contributed by atoms with van der Waals surface area (Å²) in [5.74, 6) is 0.440. The molecule has 1 atom stereocenters. The third-order valence-corrected chi connectivity index (χ3v) is 11.7. The average Bonchev–Trinajstić information content (AvgIpc) is 3.80. The minimum absolute atomic E-state index is 0.00231. The van der Waals surface area contributed by atoms with Gasteiger partial charge in [-0.15, -0.1) is 0 Å². The molecule has 1 aliphatic carbocycles. The number of rotatable bonds is 10. The van der Waals surface area contributed by atoms with E-state index in [1.807, 2.05) is 49.9 Å². The number of aromatic nitrogens is 4. The highest BCUT2D eigenvalue weighted by atomic mass is 32.2. The number of nitrogens with zero attached hydrogens (tertiary/aromatic N) is 6. The van der Waals surface area contributed by atoms with Crippen LogP contribution < -0.4 is 31.7 Å². The molecule has 14 nitrogen and oxygen atoms in total. The Morgan fingerprint density at radius 2 is 1.72 bits per heavy atom. The van der Waals surface area contributed by atoms with Crippen molar-refractivity contribution < 1.29 is 14.4 Å². The van der Waals surface area contributed by atoms with Gasteiger partial charge >= 0.3 is 0 Å². The van der Waals surface area contributed by atoms with E-state index in [9.17, 15) is 19.2 Å². The normalized spacial score (nSPS) is 17.5. The van der Waals surface area contributed by atoms with Gasteiger partial charge in [0.25, 0.3) is 11.5 Å². The van der Waals surface area contributed by atoms with E-state index >= 15 is 0 Å². The number of anilines is 4. The molecule has 0 bridgehead atoms. The molecular formula is C39H46N10O4S. The highest BCUT2D eigenvalue weighted by Gasteiger charge is 2.27. The number of nitrogens with one attached hydrogen (secondary N) is 4. The van der Waals surface area contributed by atoms with Crippen LogP contribution >= 0.6 is 11.8 Å². The number of allylic oxidation sites excluding steroid dienone is 2. The standard InChI is InChI=1S/C39H46N10O4S/c1-22-10-11-27(18-30(22)36(52)46-39-43-24(3)26(5)54-39)40-21-33(51)48-16-14-47(15-17-48)29-12-13-32(41-19-29)44-38-42-20-31-23(2)34(25(4)50)37(53)49(35(31)45-38)28-8-6-7-9-28/h10-13,18-20,28,39-40,43H,6-9,14-17,21H2,1-5H3,(H,46,52)(H,41,42,44,45). The third kappa shape index (κ3) is 7.63. The van der Waals surface area contributed by atoms with Crippen LogP contribution in [0.3, 0.4) is 0 Å². The van der Waals surface area contributed by atoms with E-state index < -0.39 is 0 Å². The molecule has 0 radical (unpaired) electrons. The molecule has 3 aliphatic rings. The summed E-state index contributed by atoms with van der Waals surface area (Å²) < 4.78 is 1.70. The van der Waals surface area contributed by atoms with Crippen molar-refractivity contribution in [2.45, 2.75) is 71.8 Å². The number of hydrogen-bond donors (Lipinski definition) is 4. The minimum Gasteiger partial charge on any atom is -0.376 e. The van der Waals surface area contributed by atoms with Crippen molar-refractivity contribution in [1.29, 1.82) is 0 Å². The average molecular weight is 751 g/mol. The maximum Gasteiger partial charge on any atom is 0.263 e. The number of fused-ring (bicyclic) bond motifs is 1. The van der Waals surface area contributed by atoms with Crippen LogP contribution in [-0.2, 0) is 4.79 Å². The maximum atomic E-state index is 13.5. The number of aryl methyl sites for hydroxylation is 2. The SMILES string of the molecule is CC(=O)c1c(C)c2cnc(Nc3ccc(N4CCN(C(=O)CNc5ccc(C)c(C(=O)NC6NC(C)=C(C)S6)c5)CC4)cn3)nc2n(C2CCCC2)c1=O. The molecule has 2 amide bonds. The van der Waals surface area contributed by atoms with E-state index in [-0.39, 0.29) is 46.8 Å². The Morgan fingerprint density at radius 1 is 0.963 bits per heavy atom. The minimum atomic E-state index is -0.286. The molecular weight excluding hydrogens is 705 g/mol. The fourth-order valence-corrected chi connectivity index (χ4v) is 8.40. The molecule has 1 aromatic carbocycles. The van der Waals surface area contributed by atoms with E-state index in [1.165, 1.54) is 6.92 Å². The summed E-state index contributed by atoms with van der Waals surface area (Å²) in [6, 6.07) is 9.39. The number of ketones is 1. The van der Waals surface area contributed by atoms with Gasteiger partial charge in [0.15, 0.2) is 11.3 Å². The quantitative estimate of drug-likeness (QED) is 0.156. The molecule has 0 spiro atoms. The highest BCUT2D eigenvalue weighted by molar-refractivity contribution is 8.03. The van der Waals surface area contributed by atoms with Gasteiger partial charge in [0.05, 0.1) is 24.0 Å². The first-order valence-corrected chi connectivity index (χ1v) is 19.3. The second-order valence-electron chi connectivity index (χ2n) is 14.2. The van der Waals surface area contributed by atoms with Crippen molar-refractivity contribution in [1.82, 2.24) is 35.1 Å². The molecule has 2 aliphatic heterocycles.